The lowest BCUT2D eigenvalue weighted by atomic mass is 9.86. The van der Waals surface area contributed by atoms with Crippen LogP contribution < -0.4 is 0 Å². The monoisotopic (exact) mass is 358 g/mol. The lowest BCUT2D eigenvalue weighted by Crippen LogP contribution is -2.47. The molecule has 0 unspecified atom stereocenters. The maximum absolute atomic E-state index is 12.8. The van der Waals surface area contributed by atoms with E-state index in [0.29, 0.717) is 39.4 Å². The molecule has 2 fully saturated rings. The number of carbonyl (C=O) groups is 2. The van der Waals surface area contributed by atoms with Crippen LogP contribution in [0.15, 0.2) is 24.3 Å². The molecule has 2 saturated heterocycles. The van der Waals surface area contributed by atoms with Crippen molar-refractivity contribution in [2.45, 2.75) is 39.0 Å². The van der Waals surface area contributed by atoms with E-state index in [4.69, 9.17) is 4.74 Å². The summed E-state index contributed by atoms with van der Waals surface area (Å²) in [5.74, 6) is 0.345. The van der Waals surface area contributed by atoms with Crippen molar-refractivity contribution in [1.29, 1.82) is 0 Å². The molecule has 1 aromatic rings. The van der Waals surface area contributed by atoms with Gasteiger partial charge in [-0.05, 0) is 36.0 Å². The molecule has 2 amide bonds. The molecule has 3 rings (SSSR count). The van der Waals surface area contributed by atoms with E-state index in [1.54, 1.807) is 0 Å². The molecule has 26 heavy (non-hydrogen) atoms. The fraction of sp³-hybridized carbons (Fsp3) is 0.619. The molecule has 1 aromatic carbocycles. The van der Waals surface area contributed by atoms with Crippen LogP contribution >= 0.6 is 0 Å². The summed E-state index contributed by atoms with van der Waals surface area (Å²) in [4.78, 5) is 29.1. The third-order valence-electron chi connectivity index (χ3n) is 5.45. The first-order valence-corrected chi connectivity index (χ1v) is 9.62. The molecule has 2 aliphatic heterocycles. The van der Waals surface area contributed by atoms with Gasteiger partial charge >= 0.3 is 0 Å². The molecule has 5 heteroatoms. The zero-order valence-electron chi connectivity index (χ0n) is 16.2. The van der Waals surface area contributed by atoms with Crippen LogP contribution in [-0.4, -0.2) is 61.0 Å². The number of morpholine rings is 1. The van der Waals surface area contributed by atoms with Gasteiger partial charge in [-0.2, -0.15) is 0 Å². The van der Waals surface area contributed by atoms with E-state index in [-0.39, 0.29) is 23.1 Å². The highest BCUT2D eigenvalue weighted by molar-refractivity contribution is 5.94. The Hall–Kier alpha value is -1.88. The summed E-state index contributed by atoms with van der Waals surface area (Å²) in [6.45, 7) is 10.5. The quantitative estimate of drug-likeness (QED) is 0.817. The van der Waals surface area contributed by atoms with Gasteiger partial charge in [-0.3, -0.25) is 9.59 Å². The number of amides is 2. The molecule has 0 saturated carbocycles. The maximum Gasteiger partial charge on any atom is 0.253 e. The lowest BCUT2D eigenvalue weighted by Gasteiger charge is -2.35. The first-order valence-electron chi connectivity index (χ1n) is 9.62. The standard InChI is InChI=1S/C21H30N2O3/c1-21(2,3)18-6-4-16(5-7-18)19(24)22-10-8-17(9-11-22)20(25)23-12-14-26-15-13-23/h4-7,17H,8-15H2,1-3H3. The van der Waals surface area contributed by atoms with Crippen LogP contribution in [0.2, 0.25) is 0 Å². The molecule has 0 spiro atoms. The summed E-state index contributed by atoms with van der Waals surface area (Å²) >= 11 is 0. The summed E-state index contributed by atoms with van der Waals surface area (Å²) in [5, 5.41) is 0. The number of nitrogens with zero attached hydrogens (tertiary/aromatic N) is 2. The van der Waals surface area contributed by atoms with Gasteiger partial charge < -0.3 is 14.5 Å². The molecule has 2 heterocycles. The largest absolute Gasteiger partial charge is 0.378 e. The van der Waals surface area contributed by atoms with Crippen molar-refractivity contribution in [3.05, 3.63) is 35.4 Å². The molecule has 5 nitrogen and oxygen atoms in total. The average molecular weight is 358 g/mol. The molecule has 0 N–H and O–H groups in total. The lowest BCUT2D eigenvalue weighted by molar-refractivity contribution is -0.141. The van der Waals surface area contributed by atoms with E-state index in [1.165, 1.54) is 5.56 Å². The molecule has 0 atom stereocenters. The van der Waals surface area contributed by atoms with Crippen molar-refractivity contribution in [3.8, 4) is 0 Å². The number of benzene rings is 1. The minimum atomic E-state index is 0.0421. The number of carbonyl (C=O) groups excluding carboxylic acids is 2. The fourth-order valence-corrected chi connectivity index (χ4v) is 3.67. The topological polar surface area (TPSA) is 49.9 Å². The second-order valence-corrected chi connectivity index (χ2v) is 8.33. The predicted octanol–water partition coefficient (Wildman–Crippen LogP) is 2.70. The highest BCUT2D eigenvalue weighted by atomic mass is 16.5. The second-order valence-electron chi connectivity index (χ2n) is 8.33. The average Bonchev–Trinajstić information content (AvgIpc) is 2.67. The maximum atomic E-state index is 12.8. The Labute approximate surface area is 156 Å². The van der Waals surface area contributed by atoms with Crippen molar-refractivity contribution < 1.29 is 14.3 Å². The van der Waals surface area contributed by atoms with Crippen LogP contribution in [0.1, 0.15) is 49.5 Å². The SMILES string of the molecule is CC(C)(C)c1ccc(C(=O)N2CCC(C(=O)N3CCOCC3)CC2)cc1. The van der Waals surface area contributed by atoms with Crippen molar-refractivity contribution >= 4 is 11.8 Å². The third-order valence-corrected chi connectivity index (χ3v) is 5.45. The first-order chi connectivity index (χ1) is 12.4. The van der Waals surface area contributed by atoms with Crippen molar-refractivity contribution in [2.75, 3.05) is 39.4 Å². The third kappa shape index (κ3) is 4.26. The van der Waals surface area contributed by atoms with E-state index >= 15 is 0 Å². The Bertz CT molecular complexity index is 634. The van der Waals surface area contributed by atoms with Crippen LogP contribution in [0.3, 0.4) is 0 Å². The van der Waals surface area contributed by atoms with E-state index < -0.39 is 0 Å². The zero-order valence-corrected chi connectivity index (χ0v) is 16.2. The molecule has 0 aliphatic carbocycles. The van der Waals surface area contributed by atoms with Gasteiger partial charge in [0.25, 0.3) is 5.91 Å². The van der Waals surface area contributed by atoms with Gasteiger partial charge in [0.05, 0.1) is 13.2 Å². The van der Waals surface area contributed by atoms with Crippen LogP contribution in [0.25, 0.3) is 0 Å². The fourth-order valence-electron chi connectivity index (χ4n) is 3.67. The van der Waals surface area contributed by atoms with Gasteiger partial charge in [-0.1, -0.05) is 32.9 Å². The smallest absolute Gasteiger partial charge is 0.253 e. The van der Waals surface area contributed by atoms with E-state index in [2.05, 4.69) is 20.8 Å². The van der Waals surface area contributed by atoms with E-state index in [1.807, 2.05) is 34.1 Å². The summed E-state index contributed by atoms with van der Waals surface area (Å²) in [6.07, 6.45) is 1.50. The van der Waals surface area contributed by atoms with Crippen LogP contribution in [0.5, 0.6) is 0 Å². The van der Waals surface area contributed by atoms with Crippen molar-refractivity contribution in [2.24, 2.45) is 5.92 Å². The van der Waals surface area contributed by atoms with Crippen molar-refractivity contribution in [3.63, 3.8) is 0 Å². The van der Waals surface area contributed by atoms with Gasteiger partial charge in [0.15, 0.2) is 0 Å². The van der Waals surface area contributed by atoms with Gasteiger partial charge in [0.1, 0.15) is 0 Å². The Balaban J connectivity index is 1.55. The summed E-state index contributed by atoms with van der Waals surface area (Å²) in [7, 11) is 0. The van der Waals surface area contributed by atoms with Gasteiger partial charge in [0.2, 0.25) is 5.91 Å². The molecular formula is C21H30N2O3. The second kappa shape index (κ2) is 7.78. The molecule has 0 bridgehead atoms. The number of rotatable bonds is 2. The van der Waals surface area contributed by atoms with Gasteiger partial charge in [0, 0.05) is 37.7 Å². The Kier molecular flexibility index (Phi) is 5.66. The van der Waals surface area contributed by atoms with E-state index in [9.17, 15) is 9.59 Å². The van der Waals surface area contributed by atoms with Crippen LogP contribution in [-0.2, 0) is 14.9 Å². The van der Waals surface area contributed by atoms with Crippen LogP contribution in [0.4, 0.5) is 0 Å². The number of piperidine rings is 1. The van der Waals surface area contributed by atoms with Gasteiger partial charge in [-0.25, -0.2) is 0 Å². The zero-order chi connectivity index (χ0) is 18.7. The Morgan fingerprint density at radius 2 is 1.50 bits per heavy atom. The Morgan fingerprint density at radius 3 is 2.04 bits per heavy atom. The highest BCUT2D eigenvalue weighted by Crippen LogP contribution is 2.24. The summed E-state index contributed by atoms with van der Waals surface area (Å²) < 4.78 is 5.32. The minimum absolute atomic E-state index is 0.0421. The Morgan fingerprint density at radius 1 is 0.923 bits per heavy atom. The molecular weight excluding hydrogens is 328 g/mol. The highest BCUT2D eigenvalue weighted by Gasteiger charge is 2.31. The molecule has 142 valence electrons. The van der Waals surface area contributed by atoms with Crippen molar-refractivity contribution in [1.82, 2.24) is 9.80 Å². The summed E-state index contributed by atoms with van der Waals surface area (Å²) in [5.41, 5.74) is 2.04. The molecule has 2 aliphatic rings. The predicted molar refractivity (Wildman–Crippen MR) is 101 cm³/mol. The minimum Gasteiger partial charge on any atom is -0.378 e. The first kappa shape index (κ1) is 18.9. The number of ether oxygens (including phenoxy) is 1. The van der Waals surface area contributed by atoms with E-state index in [0.717, 1.165) is 18.4 Å². The number of hydrogen-bond acceptors (Lipinski definition) is 3. The molecule has 0 radical (unpaired) electrons. The summed E-state index contributed by atoms with van der Waals surface area (Å²) in [6, 6.07) is 7.94. The molecule has 0 aromatic heterocycles. The number of likely N-dealkylation sites (tertiary alicyclic amines) is 1. The number of hydrogen-bond donors (Lipinski definition) is 0. The normalized spacial score (nSPS) is 19.5. The van der Waals surface area contributed by atoms with Gasteiger partial charge in [-0.15, -0.1) is 0 Å². The van der Waals surface area contributed by atoms with Crippen LogP contribution in [0, 0.1) is 5.92 Å².